The monoisotopic (exact) mass is 821 g/mol. The van der Waals surface area contributed by atoms with Gasteiger partial charge in [-0.25, -0.2) is 17.6 Å². The minimum atomic E-state index is -2.66. The van der Waals surface area contributed by atoms with Gasteiger partial charge in [0.1, 0.15) is 13.1 Å². The maximum Gasteiger partial charge on any atom is 0.272 e. The van der Waals surface area contributed by atoms with Crippen LogP contribution in [0.2, 0.25) is 0 Å². The fraction of sp³-hybridized carbons (Fsp3) is 0.864. The molecule has 6 aliphatic rings. The minimum absolute atomic E-state index is 0.00399. The summed E-state index contributed by atoms with van der Waals surface area (Å²) in [6.45, 7) is 15.3. The molecule has 2 N–H and O–H groups in total. The molecule has 2 aromatic heterocycles. The summed E-state index contributed by atoms with van der Waals surface area (Å²) in [4.78, 5) is 4.45. The first-order chi connectivity index (χ1) is 27.2. The van der Waals surface area contributed by atoms with E-state index >= 15 is 0 Å². The van der Waals surface area contributed by atoms with Crippen LogP contribution in [0, 0.1) is 10.8 Å². The summed E-state index contributed by atoms with van der Waals surface area (Å²) in [5.74, 6) is -4.69. The first kappa shape index (κ1) is 44.0. The largest absolute Gasteiger partial charge is 0.374 e. The van der Waals surface area contributed by atoms with Gasteiger partial charge < -0.3 is 20.1 Å². The van der Waals surface area contributed by atoms with Crippen LogP contribution in [0.5, 0.6) is 0 Å². The van der Waals surface area contributed by atoms with Gasteiger partial charge in [0.25, 0.3) is 11.8 Å². The molecule has 0 atom stereocenters. The van der Waals surface area contributed by atoms with Gasteiger partial charge in [0.2, 0.25) is 0 Å². The van der Waals surface area contributed by atoms with Crippen LogP contribution in [-0.2, 0) is 48.5 Å². The number of hydrogen-bond acceptors (Lipinski definition) is 8. The topological polar surface area (TPSA) is 84.6 Å². The predicted octanol–water partition coefficient (Wildman–Crippen LogP) is 7.14. The van der Waals surface area contributed by atoms with Crippen molar-refractivity contribution in [1.82, 2.24) is 40.0 Å². The Balaban J connectivity index is 0.000000177. The van der Waals surface area contributed by atoms with Crippen molar-refractivity contribution >= 4 is 0 Å². The Morgan fingerprint density at radius 3 is 1.31 bits per heavy atom. The number of halogens is 4. The van der Waals surface area contributed by atoms with Gasteiger partial charge in [-0.1, -0.05) is 27.7 Å². The Kier molecular flexibility index (Phi) is 12.6. The highest BCUT2D eigenvalue weighted by atomic mass is 19.3. The van der Waals surface area contributed by atoms with Gasteiger partial charge >= 0.3 is 0 Å². The van der Waals surface area contributed by atoms with E-state index in [4.69, 9.17) is 9.47 Å². The second-order valence-electron chi connectivity index (χ2n) is 20.9. The van der Waals surface area contributed by atoms with E-state index in [9.17, 15) is 17.6 Å². The van der Waals surface area contributed by atoms with Gasteiger partial charge in [0.15, 0.2) is 0 Å². The summed E-state index contributed by atoms with van der Waals surface area (Å²) in [5.41, 5.74) is 6.29. The Morgan fingerprint density at radius 2 is 1.00 bits per heavy atom. The Hall–Kier alpha value is -2.10. The lowest BCUT2D eigenvalue weighted by molar-refractivity contribution is -0.0297. The average Bonchev–Trinajstić information content (AvgIpc) is 3.94. The molecule has 2 spiro atoms. The van der Waals surface area contributed by atoms with Crippen LogP contribution in [0.1, 0.15) is 138 Å². The van der Waals surface area contributed by atoms with Crippen molar-refractivity contribution in [3.63, 3.8) is 0 Å². The number of fused-ring (bicyclic) bond motifs is 2. The van der Waals surface area contributed by atoms with Gasteiger partial charge in [0, 0.05) is 61.8 Å². The van der Waals surface area contributed by atoms with Gasteiger partial charge in [-0.05, 0) is 115 Å². The molecule has 4 fully saturated rings. The standard InChI is InChI=1S/2C22H36F2N4O/c2*1-20(2)13-21(29-15-20)7-5-16(6-8-21)19-17(12-27(4)10-9-25-3)26-28-14-22(23,24)11-18(19)28/h2*16,25H,5-15H2,1-4H3. The number of nitrogens with zero attached hydrogens (tertiary/aromatic N) is 6. The molecule has 2 aliphatic carbocycles. The molecule has 6 heterocycles. The molecule has 0 aromatic carbocycles. The van der Waals surface area contributed by atoms with Crippen LogP contribution < -0.4 is 10.6 Å². The zero-order valence-electron chi connectivity index (χ0n) is 36.7. The van der Waals surface area contributed by atoms with Crippen molar-refractivity contribution in [3.05, 3.63) is 33.9 Å². The van der Waals surface area contributed by atoms with Crippen molar-refractivity contribution in [2.45, 2.75) is 166 Å². The molecule has 2 saturated heterocycles. The zero-order chi connectivity index (χ0) is 41.7. The molecule has 0 radical (unpaired) electrons. The first-order valence-electron chi connectivity index (χ1n) is 22.1. The number of nitrogens with one attached hydrogen (secondary N) is 2. The van der Waals surface area contributed by atoms with Crippen molar-refractivity contribution in [3.8, 4) is 0 Å². The number of likely N-dealkylation sites (N-methyl/N-ethyl adjacent to an activating group) is 4. The zero-order valence-corrected chi connectivity index (χ0v) is 36.7. The molecule has 14 heteroatoms. The molecule has 58 heavy (non-hydrogen) atoms. The number of ether oxygens (including phenoxy) is 2. The van der Waals surface area contributed by atoms with E-state index < -0.39 is 11.8 Å². The van der Waals surface area contributed by atoms with Crippen LogP contribution in [0.15, 0.2) is 0 Å². The third-order valence-electron chi connectivity index (χ3n) is 14.0. The molecular weight excluding hydrogens is 749 g/mol. The molecule has 0 unspecified atom stereocenters. The first-order valence-corrected chi connectivity index (χ1v) is 22.1. The molecule has 8 rings (SSSR count). The fourth-order valence-corrected chi connectivity index (χ4v) is 11.4. The van der Waals surface area contributed by atoms with E-state index in [0.717, 1.165) is 138 Å². The second-order valence-corrected chi connectivity index (χ2v) is 20.9. The second kappa shape index (κ2) is 16.6. The molecule has 4 aliphatic heterocycles. The summed E-state index contributed by atoms with van der Waals surface area (Å²) in [6.07, 6.45) is 10.0. The molecular formula is C44H72F4N8O2. The molecule has 10 nitrogen and oxygen atoms in total. The Labute approximate surface area is 344 Å². The number of rotatable bonds is 12. The van der Waals surface area contributed by atoms with Gasteiger partial charge in [-0.15, -0.1) is 0 Å². The number of alkyl halides is 4. The van der Waals surface area contributed by atoms with E-state index in [2.05, 4.69) is 72.4 Å². The Morgan fingerprint density at radius 1 is 0.638 bits per heavy atom. The van der Waals surface area contributed by atoms with E-state index in [1.165, 1.54) is 0 Å². The van der Waals surface area contributed by atoms with Crippen molar-refractivity contribution < 1.29 is 27.0 Å². The van der Waals surface area contributed by atoms with Crippen LogP contribution in [0.4, 0.5) is 17.6 Å². The normalized spacial score (nSPS) is 30.4. The summed E-state index contributed by atoms with van der Waals surface area (Å²) >= 11 is 0. The van der Waals surface area contributed by atoms with E-state index in [1.54, 1.807) is 9.36 Å². The quantitative estimate of drug-likeness (QED) is 0.219. The third-order valence-corrected chi connectivity index (χ3v) is 14.0. The molecule has 2 aromatic rings. The lowest BCUT2D eigenvalue weighted by Gasteiger charge is -2.37. The van der Waals surface area contributed by atoms with E-state index in [-0.39, 0.29) is 48.0 Å². The summed E-state index contributed by atoms with van der Waals surface area (Å²) in [6, 6.07) is 0. The third kappa shape index (κ3) is 9.83. The average molecular weight is 821 g/mol. The minimum Gasteiger partial charge on any atom is -0.374 e. The SMILES string of the molecule is CNCCN(C)Cc1nn2c(c1C1CCC3(CC1)CC(C)(C)CO3)CC(F)(F)C2.CNCCN(C)Cc1nn2c(c1C1CCC3(CC1)CC(C)(C)CO3)CC(F)(F)C2. The highest BCUT2D eigenvalue weighted by Crippen LogP contribution is 2.53. The van der Waals surface area contributed by atoms with Gasteiger partial charge in [-0.3, -0.25) is 19.2 Å². The maximum atomic E-state index is 14.1. The van der Waals surface area contributed by atoms with Crippen molar-refractivity contribution in [2.75, 3.05) is 67.6 Å². The highest BCUT2D eigenvalue weighted by molar-refractivity contribution is 5.35. The molecule has 2 saturated carbocycles. The number of hydrogen-bond donors (Lipinski definition) is 2. The smallest absolute Gasteiger partial charge is 0.272 e. The fourth-order valence-electron chi connectivity index (χ4n) is 11.4. The molecule has 0 amide bonds. The Bertz CT molecular complexity index is 1600. The maximum absolute atomic E-state index is 14.1. The predicted molar refractivity (Wildman–Crippen MR) is 219 cm³/mol. The van der Waals surface area contributed by atoms with Crippen molar-refractivity contribution in [2.24, 2.45) is 10.8 Å². The van der Waals surface area contributed by atoms with E-state index in [1.807, 2.05) is 14.1 Å². The van der Waals surface area contributed by atoms with Gasteiger partial charge in [-0.2, -0.15) is 10.2 Å². The highest BCUT2D eigenvalue weighted by Gasteiger charge is 2.50. The lowest BCUT2D eigenvalue weighted by Crippen LogP contribution is -2.34. The molecule has 0 bridgehead atoms. The summed E-state index contributed by atoms with van der Waals surface area (Å²) < 4.78 is 72.1. The molecule has 328 valence electrons. The summed E-state index contributed by atoms with van der Waals surface area (Å²) in [7, 11) is 8.03. The van der Waals surface area contributed by atoms with E-state index in [0.29, 0.717) is 24.9 Å². The summed E-state index contributed by atoms with van der Waals surface area (Å²) in [5, 5.41) is 15.7. The van der Waals surface area contributed by atoms with Crippen LogP contribution >= 0.6 is 0 Å². The van der Waals surface area contributed by atoms with Crippen LogP contribution in [0.3, 0.4) is 0 Å². The van der Waals surface area contributed by atoms with Crippen molar-refractivity contribution in [1.29, 1.82) is 0 Å². The van der Waals surface area contributed by atoms with Gasteiger partial charge in [0.05, 0.1) is 48.6 Å². The van der Waals surface area contributed by atoms with Crippen LogP contribution in [0.25, 0.3) is 0 Å². The number of aromatic nitrogens is 4. The van der Waals surface area contributed by atoms with Crippen LogP contribution in [-0.4, -0.2) is 120 Å². The lowest BCUT2D eigenvalue weighted by atomic mass is 9.71.